The minimum Gasteiger partial charge on any atom is -0.368 e. The summed E-state index contributed by atoms with van der Waals surface area (Å²) in [5.74, 6) is 0.273. The fourth-order valence-electron chi connectivity index (χ4n) is 1.49. The van der Waals surface area contributed by atoms with Crippen LogP contribution in [0, 0.1) is 0 Å². The highest BCUT2D eigenvalue weighted by atomic mass is 35.5. The third-order valence-electron chi connectivity index (χ3n) is 2.10. The van der Waals surface area contributed by atoms with Crippen molar-refractivity contribution in [2.45, 2.75) is 6.54 Å². The lowest BCUT2D eigenvalue weighted by Gasteiger charge is -2.06. The van der Waals surface area contributed by atoms with Gasteiger partial charge >= 0.3 is 0 Å². The first kappa shape index (κ1) is 10.1. The second kappa shape index (κ2) is 4.00. The monoisotopic (exact) mass is 222 g/mol. The van der Waals surface area contributed by atoms with Gasteiger partial charge in [0, 0.05) is 17.0 Å². The average Bonchev–Trinajstić information content (AvgIpc) is 2.17. The second-order valence-electron chi connectivity index (χ2n) is 3.22. The van der Waals surface area contributed by atoms with Crippen LogP contribution in [0.2, 0.25) is 5.02 Å². The molecule has 0 aliphatic heterocycles. The van der Waals surface area contributed by atoms with E-state index in [4.69, 9.17) is 17.3 Å². The lowest BCUT2D eigenvalue weighted by molar-refractivity contribution is 0.797. The summed E-state index contributed by atoms with van der Waals surface area (Å²) in [7, 11) is 1.86. The molecule has 0 spiro atoms. The lowest BCUT2D eigenvalue weighted by Crippen LogP contribution is -2.09. The van der Waals surface area contributed by atoms with Crippen molar-refractivity contribution in [3.63, 3.8) is 0 Å². The lowest BCUT2D eigenvalue weighted by atomic mass is 10.2. The number of nitrogens with one attached hydrogen (secondary N) is 1. The van der Waals surface area contributed by atoms with Gasteiger partial charge in [-0.3, -0.25) is 0 Å². The van der Waals surface area contributed by atoms with E-state index in [1.54, 1.807) is 6.07 Å². The largest absolute Gasteiger partial charge is 0.368 e. The van der Waals surface area contributed by atoms with Gasteiger partial charge in [-0.15, -0.1) is 0 Å². The topological polar surface area (TPSA) is 63.8 Å². The van der Waals surface area contributed by atoms with Crippen LogP contribution in [0.25, 0.3) is 10.9 Å². The van der Waals surface area contributed by atoms with E-state index in [-0.39, 0.29) is 5.95 Å². The number of anilines is 1. The molecule has 2 rings (SSSR count). The molecule has 5 heteroatoms. The van der Waals surface area contributed by atoms with Gasteiger partial charge < -0.3 is 11.1 Å². The van der Waals surface area contributed by atoms with E-state index < -0.39 is 0 Å². The maximum atomic E-state index is 5.88. The minimum atomic E-state index is 0.273. The number of hydrogen-bond acceptors (Lipinski definition) is 4. The second-order valence-corrected chi connectivity index (χ2v) is 3.66. The molecule has 15 heavy (non-hydrogen) atoms. The zero-order chi connectivity index (χ0) is 10.8. The summed E-state index contributed by atoms with van der Waals surface area (Å²) < 4.78 is 0. The van der Waals surface area contributed by atoms with Crippen LogP contribution < -0.4 is 11.1 Å². The molecule has 0 aliphatic rings. The van der Waals surface area contributed by atoms with E-state index in [1.165, 1.54) is 0 Å². The first-order valence-corrected chi connectivity index (χ1v) is 4.95. The molecule has 0 fully saturated rings. The summed E-state index contributed by atoms with van der Waals surface area (Å²) in [5.41, 5.74) is 7.28. The van der Waals surface area contributed by atoms with E-state index in [0.29, 0.717) is 11.6 Å². The molecular weight excluding hydrogens is 212 g/mol. The standard InChI is InChI=1S/C10H11ClN4/c1-13-5-9-7-3-2-6(11)4-8(7)14-10(12)15-9/h2-4,13H,5H2,1H3,(H2,12,14,15). The number of rotatable bonds is 2. The first-order chi connectivity index (χ1) is 7.20. The predicted octanol–water partition coefficient (Wildman–Crippen LogP) is 1.58. The van der Waals surface area contributed by atoms with Crippen molar-refractivity contribution in [1.82, 2.24) is 15.3 Å². The molecule has 4 nitrogen and oxygen atoms in total. The highest BCUT2D eigenvalue weighted by Crippen LogP contribution is 2.20. The molecule has 1 aromatic heterocycles. The Kier molecular flexibility index (Phi) is 2.70. The van der Waals surface area contributed by atoms with Crippen LogP contribution in [0.5, 0.6) is 0 Å². The molecule has 0 aliphatic carbocycles. The molecule has 2 aromatic rings. The van der Waals surface area contributed by atoms with Gasteiger partial charge in [-0.1, -0.05) is 11.6 Å². The quantitative estimate of drug-likeness (QED) is 0.810. The molecule has 1 heterocycles. The molecule has 0 saturated carbocycles. The van der Waals surface area contributed by atoms with Gasteiger partial charge in [0.05, 0.1) is 11.2 Å². The normalized spacial score (nSPS) is 10.8. The zero-order valence-electron chi connectivity index (χ0n) is 8.29. The van der Waals surface area contributed by atoms with Crippen molar-refractivity contribution in [3.05, 3.63) is 28.9 Å². The SMILES string of the molecule is CNCc1nc(N)nc2cc(Cl)ccc12. The highest BCUT2D eigenvalue weighted by Gasteiger charge is 2.05. The van der Waals surface area contributed by atoms with Gasteiger partial charge in [0.2, 0.25) is 5.95 Å². The Morgan fingerprint density at radius 1 is 1.40 bits per heavy atom. The number of halogens is 1. The molecule has 0 atom stereocenters. The molecule has 1 aromatic carbocycles. The Morgan fingerprint density at radius 2 is 2.20 bits per heavy atom. The van der Waals surface area contributed by atoms with Gasteiger partial charge in [0.25, 0.3) is 0 Å². The minimum absolute atomic E-state index is 0.273. The van der Waals surface area contributed by atoms with Crippen molar-refractivity contribution in [1.29, 1.82) is 0 Å². The fourth-order valence-corrected chi connectivity index (χ4v) is 1.66. The molecule has 78 valence electrons. The molecule has 3 N–H and O–H groups in total. The van der Waals surface area contributed by atoms with Crippen molar-refractivity contribution < 1.29 is 0 Å². The molecule has 0 radical (unpaired) electrons. The van der Waals surface area contributed by atoms with Gasteiger partial charge in [-0.2, -0.15) is 0 Å². The van der Waals surface area contributed by atoms with Crippen molar-refractivity contribution in [2.75, 3.05) is 12.8 Å². The van der Waals surface area contributed by atoms with Crippen molar-refractivity contribution in [2.24, 2.45) is 0 Å². The average molecular weight is 223 g/mol. The number of hydrogen-bond donors (Lipinski definition) is 2. The predicted molar refractivity (Wildman–Crippen MR) is 61.7 cm³/mol. The van der Waals surface area contributed by atoms with Crippen LogP contribution >= 0.6 is 11.6 Å². The highest BCUT2D eigenvalue weighted by molar-refractivity contribution is 6.31. The smallest absolute Gasteiger partial charge is 0.220 e. The maximum Gasteiger partial charge on any atom is 0.220 e. The van der Waals surface area contributed by atoms with Gasteiger partial charge in [0.15, 0.2) is 0 Å². The molecular formula is C10H11ClN4. The Balaban J connectivity index is 2.68. The maximum absolute atomic E-state index is 5.88. The third-order valence-corrected chi connectivity index (χ3v) is 2.33. The Bertz CT molecular complexity index is 493. The number of nitrogen functional groups attached to an aromatic ring is 1. The zero-order valence-corrected chi connectivity index (χ0v) is 9.04. The van der Waals surface area contributed by atoms with Crippen LogP contribution in [0.15, 0.2) is 18.2 Å². The van der Waals surface area contributed by atoms with Gasteiger partial charge in [-0.25, -0.2) is 9.97 Å². The molecule has 0 amide bonds. The van der Waals surface area contributed by atoms with Crippen LogP contribution in [-0.2, 0) is 6.54 Å². The fraction of sp³-hybridized carbons (Fsp3) is 0.200. The molecule has 0 unspecified atom stereocenters. The summed E-state index contributed by atoms with van der Waals surface area (Å²) in [6.07, 6.45) is 0. The first-order valence-electron chi connectivity index (χ1n) is 4.57. The summed E-state index contributed by atoms with van der Waals surface area (Å²) in [6.45, 7) is 0.658. The number of fused-ring (bicyclic) bond motifs is 1. The number of nitrogens with two attached hydrogens (primary N) is 1. The van der Waals surface area contributed by atoms with Crippen LogP contribution in [0.4, 0.5) is 5.95 Å². The van der Waals surface area contributed by atoms with Crippen LogP contribution in [0.3, 0.4) is 0 Å². The Morgan fingerprint density at radius 3 is 2.93 bits per heavy atom. The summed E-state index contributed by atoms with van der Waals surface area (Å²) in [4.78, 5) is 8.32. The van der Waals surface area contributed by atoms with Crippen molar-refractivity contribution >= 4 is 28.5 Å². The summed E-state index contributed by atoms with van der Waals surface area (Å²) in [6, 6.07) is 5.51. The van der Waals surface area contributed by atoms with Gasteiger partial charge in [0.1, 0.15) is 0 Å². The number of aromatic nitrogens is 2. The van der Waals surface area contributed by atoms with Gasteiger partial charge in [-0.05, 0) is 25.2 Å². The molecule has 0 bridgehead atoms. The third kappa shape index (κ3) is 2.00. The van der Waals surface area contributed by atoms with Crippen molar-refractivity contribution in [3.8, 4) is 0 Å². The van der Waals surface area contributed by atoms with Crippen LogP contribution in [-0.4, -0.2) is 17.0 Å². The van der Waals surface area contributed by atoms with E-state index in [2.05, 4.69) is 15.3 Å². The Hall–Kier alpha value is -1.39. The van der Waals surface area contributed by atoms with E-state index in [0.717, 1.165) is 16.6 Å². The molecule has 0 saturated heterocycles. The van der Waals surface area contributed by atoms with E-state index in [1.807, 2.05) is 19.2 Å². The van der Waals surface area contributed by atoms with E-state index in [9.17, 15) is 0 Å². The van der Waals surface area contributed by atoms with Crippen LogP contribution in [0.1, 0.15) is 5.69 Å². The number of benzene rings is 1. The summed E-state index contributed by atoms with van der Waals surface area (Å²) in [5, 5.41) is 4.66. The number of nitrogens with zero attached hydrogens (tertiary/aromatic N) is 2. The van der Waals surface area contributed by atoms with E-state index >= 15 is 0 Å². The Labute approximate surface area is 92.5 Å². The summed E-state index contributed by atoms with van der Waals surface area (Å²) >= 11 is 5.88.